The van der Waals surface area contributed by atoms with Gasteiger partial charge in [-0.3, -0.25) is 9.78 Å². The van der Waals surface area contributed by atoms with E-state index in [-0.39, 0.29) is 11.7 Å². The summed E-state index contributed by atoms with van der Waals surface area (Å²) < 4.78 is 13.2. The van der Waals surface area contributed by atoms with Gasteiger partial charge in [0.05, 0.1) is 18.1 Å². The van der Waals surface area contributed by atoms with Crippen molar-refractivity contribution >= 4 is 11.6 Å². The molecule has 24 heavy (non-hydrogen) atoms. The lowest BCUT2D eigenvalue weighted by atomic mass is 10.0. The molecule has 0 saturated carbocycles. The molecule has 7 heteroatoms. The van der Waals surface area contributed by atoms with E-state index in [1.165, 1.54) is 12.3 Å². The van der Waals surface area contributed by atoms with Crippen LogP contribution in [0, 0.1) is 18.2 Å². The lowest BCUT2D eigenvalue weighted by Crippen LogP contribution is -2.49. The Kier molecular flexibility index (Phi) is 4.74. The van der Waals surface area contributed by atoms with Crippen LogP contribution in [0.4, 0.5) is 10.1 Å². The summed E-state index contributed by atoms with van der Waals surface area (Å²) in [6.45, 7) is 2.60. The summed E-state index contributed by atoms with van der Waals surface area (Å²) in [5.41, 5.74) is 0.350. The molecule has 0 bridgehead atoms. The Balaban J connectivity index is 1.45. The first-order valence-corrected chi connectivity index (χ1v) is 8.13. The van der Waals surface area contributed by atoms with Gasteiger partial charge in [0.1, 0.15) is 5.82 Å². The number of hydrogen-bond donors (Lipinski definition) is 0. The van der Waals surface area contributed by atoms with Crippen LogP contribution in [0.25, 0.3) is 0 Å². The van der Waals surface area contributed by atoms with E-state index in [9.17, 15) is 9.18 Å². The Labute approximate surface area is 140 Å². The topological polar surface area (TPSA) is 61.2 Å². The Morgan fingerprint density at radius 1 is 1.25 bits per heavy atom. The number of carbonyl (C=O) groups excluding carboxylic acids is 1. The van der Waals surface area contributed by atoms with Crippen LogP contribution in [0.5, 0.6) is 0 Å². The molecular weight excluding hydrogens is 309 g/mol. The van der Waals surface area contributed by atoms with Crippen LogP contribution >= 0.6 is 0 Å². The smallest absolute Gasteiger partial charge is 0.222 e. The van der Waals surface area contributed by atoms with E-state index in [1.54, 1.807) is 6.20 Å². The number of halogens is 1. The van der Waals surface area contributed by atoms with Crippen molar-refractivity contribution in [2.24, 2.45) is 10.2 Å². The average molecular weight is 329 g/mol. The van der Waals surface area contributed by atoms with E-state index in [1.807, 2.05) is 9.80 Å². The standard InChI is InChI=1S/C17H20FN5O/c1-2-3-5-17(20-21-17)6-4-16(24)23-9-7-22(8-10-23)15-11-14(18)12-19-13-15/h1,11-13H,3-10H2. The quantitative estimate of drug-likeness (QED) is 0.752. The highest BCUT2D eigenvalue weighted by molar-refractivity contribution is 5.76. The molecule has 1 amide bonds. The third-order valence-electron chi connectivity index (χ3n) is 4.48. The molecule has 0 N–H and O–H groups in total. The Bertz CT molecular complexity index is 670. The summed E-state index contributed by atoms with van der Waals surface area (Å²) in [5, 5.41) is 8.11. The van der Waals surface area contributed by atoms with Crippen LogP contribution in [0.3, 0.4) is 0 Å². The van der Waals surface area contributed by atoms with Gasteiger partial charge in [-0.25, -0.2) is 4.39 Å². The van der Waals surface area contributed by atoms with Gasteiger partial charge in [-0.1, -0.05) is 0 Å². The van der Waals surface area contributed by atoms with Gasteiger partial charge in [0, 0.05) is 57.9 Å². The highest BCUT2D eigenvalue weighted by atomic mass is 19.1. The fourth-order valence-electron chi connectivity index (χ4n) is 2.92. The number of terminal acetylenes is 1. The molecule has 3 heterocycles. The number of hydrogen-bond acceptors (Lipinski definition) is 5. The summed E-state index contributed by atoms with van der Waals surface area (Å²) in [6.07, 6.45) is 10.5. The van der Waals surface area contributed by atoms with Gasteiger partial charge in [0.15, 0.2) is 5.66 Å². The van der Waals surface area contributed by atoms with Gasteiger partial charge in [-0.2, -0.15) is 10.2 Å². The number of anilines is 1. The molecule has 126 valence electrons. The van der Waals surface area contributed by atoms with E-state index < -0.39 is 5.66 Å². The van der Waals surface area contributed by atoms with Crippen molar-refractivity contribution in [1.29, 1.82) is 0 Å². The highest BCUT2D eigenvalue weighted by Crippen LogP contribution is 2.37. The predicted octanol–water partition coefficient (Wildman–Crippen LogP) is 2.22. The molecule has 0 radical (unpaired) electrons. The van der Waals surface area contributed by atoms with Crippen molar-refractivity contribution in [1.82, 2.24) is 9.88 Å². The fraction of sp³-hybridized carbons (Fsp3) is 0.529. The minimum Gasteiger partial charge on any atom is -0.367 e. The van der Waals surface area contributed by atoms with Crippen molar-refractivity contribution in [3.05, 3.63) is 24.3 Å². The highest BCUT2D eigenvalue weighted by Gasteiger charge is 2.39. The third kappa shape index (κ3) is 3.88. The summed E-state index contributed by atoms with van der Waals surface area (Å²) in [7, 11) is 0. The molecule has 2 aliphatic rings. The number of nitrogens with zero attached hydrogens (tertiary/aromatic N) is 5. The SMILES string of the molecule is C#CCCC1(CCC(=O)N2CCN(c3cncc(F)c3)CC2)N=N1. The van der Waals surface area contributed by atoms with Crippen molar-refractivity contribution < 1.29 is 9.18 Å². The van der Waals surface area contributed by atoms with E-state index in [0.717, 1.165) is 12.1 Å². The lowest BCUT2D eigenvalue weighted by molar-refractivity contribution is -0.131. The monoisotopic (exact) mass is 329 g/mol. The van der Waals surface area contributed by atoms with Gasteiger partial charge in [0.25, 0.3) is 0 Å². The summed E-state index contributed by atoms with van der Waals surface area (Å²) in [6, 6.07) is 1.47. The molecule has 0 unspecified atom stereocenters. The minimum absolute atomic E-state index is 0.115. The van der Waals surface area contributed by atoms with Crippen molar-refractivity contribution in [2.45, 2.75) is 31.3 Å². The van der Waals surface area contributed by atoms with Gasteiger partial charge in [-0.05, 0) is 0 Å². The van der Waals surface area contributed by atoms with E-state index >= 15 is 0 Å². The van der Waals surface area contributed by atoms with E-state index in [0.29, 0.717) is 45.4 Å². The molecule has 6 nitrogen and oxygen atoms in total. The summed E-state index contributed by atoms with van der Waals surface area (Å²) in [5.74, 6) is 2.35. The number of aromatic nitrogens is 1. The zero-order valence-electron chi connectivity index (χ0n) is 13.5. The van der Waals surface area contributed by atoms with Gasteiger partial charge in [-0.15, -0.1) is 12.3 Å². The number of piperazine rings is 1. The van der Waals surface area contributed by atoms with Crippen LogP contribution in [-0.2, 0) is 4.79 Å². The fourth-order valence-corrected chi connectivity index (χ4v) is 2.92. The maximum absolute atomic E-state index is 13.2. The summed E-state index contributed by atoms with van der Waals surface area (Å²) >= 11 is 0. The number of rotatable bonds is 6. The van der Waals surface area contributed by atoms with Crippen LogP contribution in [-0.4, -0.2) is 47.6 Å². The molecule has 0 atom stereocenters. The first-order valence-electron chi connectivity index (χ1n) is 8.13. The average Bonchev–Trinajstić information content (AvgIpc) is 3.38. The molecule has 3 rings (SSSR count). The Morgan fingerprint density at radius 2 is 2.00 bits per heavy atom. The minimum atomic E-state index is -0.406. The second-order valence-corrected chi connectivity index (χ2v) is 6.12. The molecule has 1 aromatic heterocycles. The van der Waals surface area contributed by atoms with Crippen molar-refractivity contribution in [3.63, 3.8) is 0 Å². The first kappa shape index (κ1) is 16.4. The van der Waals surface area contributed by atoms with Crippen LogP contribution < -0.4 is 4.90 Å². The van der Waals surface area contributed by atoms with E-state index in [4.69, 9.17) is 6.42 Å². The van der Waals surface area contributed by atoms with Gasteiger partial charge >= 0.3 is 0 Å². The molecule has 1 aromatic rings. The normalized spacial score (nSPS) is 18.3. The van der Waals surface area contributed by atoms with E-state index in [2.05, 4.69) is 21.1 Å². The van der Waals surface area contributed by atoms with Crippen LogP contribution in [0.1, 0.15) is 25.7 Å². The maximum Gasteiger partial charge on any atom is 0.222 e. The van der Waals surface area contributed by atoms with Crippen molar-refractivity contribution in [2.75, 3.05) is 31.1 Å². The number of pyridine rings is 1. The van der Waals surface area contributed by atoms with Crippen LogP contribution in [0.15, 0.2) is 28.7 Å². The Hall–Kier alpha value is -2.49. The van der Waals surface area contributed by atoms with Gasteiger partial charge < -0.3 is 9.80 Å². The van der Waals surface area contributed by atoms with Crippen LogP contribution in [0.2, 0.25) is 0 Å². The molecule has 0 aliphatic carbocycles. The largest absolute Gasteiger partial charge is 0.367 e. The molecule has 1 fully saturated rings. The predicted molar refractivity (Wildman–Crippen MR) is 87.9 cm³/mol. The zero-order chi connectivity index (χ0) is 17.0. The second-order valence-electron chi connectivity index (χ2n) is 6.12. The zero-order valence-corrected chi connectivity index (χ0v) is 13.5. The van der Waals surface area contributed by atoms with Crippen molar-refractivity contribution in [3.8, 4) is 12.3 Å². The second kappa shape index (κ2) is 6.95. The summed E-state index contributed by atoms with van der Waals surface area (Å²) in [4.78, 5) is 20.1. The molecule has 2 aliphatic heterocycles. The number of amides is 1. The first-order chi connectivity index (χ1) is 11.6. The number of carbonyl (C=O) groups is 1. The maximum atomic E-state index is 13.2. The third-order valence-corrected chi connectivity index (χ3v) is 4.48. The molecule has 1 saturated heterocycles. The molecule has 0 aromatic carbocycles. The molecular formula is C17H20FN5O. The lowest BCUT2D eigenvalue weighted by Gasteiger charge is -2.36. The van der Waals surface area contributed by atoms with Gasteiger partial charge in [0.2, 0.25) is 5.91 Å². The Morgan fingerprint density at radius 3 is 2.62 bits per heavy atom. The molecule has 0 spiro atoms.